The van der Waals surface area contributed by atoms with Crippen LogP contribution in [0.4, 0.5) is 5.69 Å². The number of sulfone groups is 1. The lowest BCUT2D eigenvalue weighted by atomic mass is 10.0. The molecule has 0 aromatic carbocycles. The van der Waals surface area contributed by atoms with E-state index in [-0.39, 0.29) is 5.03 Å². The molecule has 23 heavy (non-hydrogen) atoms. The summed E-state index contributed by atoms with van der Waals surface area (Å²) in [6.07, 6.45) is 5.50. The lowest BCUT2D eigenvalue weighted by Crippen LogP contribution is -2.40. The van der Waals surface area contributed by atoms with Crippen molar-refractivity contribution in [2.45, 2.75) is 62.8 Å². The van der Waals surface area contributed by atoms with Gasteiger partial charge in [-0.05, 0) is 59.2 Å². The quantitative estimate of drug-likeness (QED) is 0.893. The number of likely N-dealkylation sites (tertiary alicyclic amines) is 1. The maximum absolute atomic E-state index is 12.3. The average Bonchev–Trinajstić information content (AvgIpc) is 2.48. The molecule has 0 amide bonds. The van der Waals surface area contributed by atoms with Gasteiger partial charge in [0, 0.05) is 19.1 Å². The van der Waals surface area contributed by atoms with Crippen molar-refractivity contribution in [2.24, 2.45) is 0 Å². The predicted molar refractivity (Wildman–Crippen MR) is 94.6 cm³/mol. The van der Waals surface area contributed by atoms with Crippen molar-refractivity contribution >= 4 is 15.5 Å². The minimum Gasteiger partial charge on any atom is -0.383 e. The first-order chi connectivity index (χ1) is 10.7. The number of hydrogen-bond acceptors (Lipinski definition) is 5. The van der Waals surface area contributed by atoms with Gasteiger partial charge in [-0.3, -0.25) is 4.90 Å². The van der Waals surface area contributed by atoms with E-state index in [1.807, 2.05) is 0 Å². The van der Waals surface area contributed by atoms with E-state index in [4.69, 9.17) is 0 Å². The Kier molecular flexibility index (Phi) is 5.68. The summed E-state index contributed by atoms with van der Waals surface area (Å²) in [5.74, 6) is 0. The Labute approximate surface area is 140 Å². The summed E-state index contributed by atoms with van der Waals surface area (Å²) in [6.45, 7) is 10.4. The van der Waals surface area contributed by atoms with E-state index in [1.54, 1.807) is 39.1 Å². The monoisotopic (exact) mass is 339 g/mol. The van der Waals surface area contributed by atoms with Gasteiger partial charge in [-0.25, -0.2) is 13.4 Å². The number of nitrogens with zero attached hydrogens (tertiary/aromatic N) is 2. The third-order valence-electron chi connectivity index (χ3n) is 4.49. The standard InChI is InChI=1S/C17H29N3O2S/c1-14-7-5-6-11-20(14)12-10-18-15-8-9-16(19-13-15)23(21,22)17(2,3)4/h8-9,13-14,18H,5-7,10-12H2,1-4H3. The number of rotatable bonds is 5. The molecular weight excluding hydrogens is 310 g/mol. The second-order valence-electron chi connectivity index (χ2n) is 7.31. The van der Waals surface area contributed by atoms with Crippen LogP contribution < -0.4 is 5.32 Å². The van der Waals surface area contributed by atoms with Crippen molar-refractivity contribution < 1.29 is 8.42 Å². The highest BCUT2D eigenvalue weighted by Gasteiger charge is 2.31. The van der Waals surface area contributed by atoms with Crippen LogP contribution in [0, 0.1) is 0 Å². The van der Waals surface area contributed by atoms with Crippen molar-refractivity contribution in [1.29, 1.82) is 0 Å². The topological polar surface area (TPSA) is 62.3 Å². The lowest BCUT2D eigenvalue weighted by molar-refractivity contribution is 0.167. The lowest BCUT2D eigenvalue weighted by Gasteiger charge is -2.33. The molecule has 1 atom stereocenters. The maximum Gasteiger partial charge on any atom is 0.200 e. The van der Waals surface area contributed by atoms with Crippen molar-refractivity contribution in [3.05, 3.63) is 18.3 Å². The van der Waals surface area contributed by atoms with Crippen LogP contribution in [-0.2, 0) is 9.84 Å². The fourth-order valence-electron chi connectivity index (χ4n) is 2.79. The van der Waals surface area contributed by atoms with Crippen molar-refractivity contribution in [2.75, 3.05) is 25.0 Å². The molecule has 0 spiro atoms. The summed E-state index contributed by atoms with van der Waals surface area (Å²) in [7, 11) is -3.39. The van der Waals surface area contributed by atoms with Crippen LogP contribution in [0.15, 0.2) is 23.4 Å². The summed E-state index contributed by atoms with van der Waals surface area (Å²) in [5, 5.41) is 3.47. The predicted octanol–water partition coefficient (Wildman–Crippen LogP) is 2.94. The molecule has 2 rings (SSSR count). The van der Waals surface area contributed by atoms with E-state index >= 15 is 0 Å². The second-order valence-corrected chi connectivity index (χ2v) is 9.96. The van der Waals surface area contributed by atoms with E-state index < -0.39 is 14.6 Å². The molecule has 1 aliphatic rings. The van der Waals surface area contributed by atoms with Crippen LogP contribution in [0.2, 0.25) is 0 Å². The SMILES string of the molecule is CC1CCCCN1CCNc1ccc(S(=O)(=O)C(C)(C)C)nc1. The number of piperidine rings is 1. The molecule has 0 bridgehead atoms. The van der Waals surface area contributed by atoms with Crippen LogP contribution >= 0.6 is 0 Å². The Bertz CT molecular complexity index is 606. The van der Waals surface area contributed by atoms with Gasteiger partial charge in [0.2, 0.25) is 0 Å². The zero-order valence-corrected chi connectivity index (χ0v) is 15.5. The third-order valence-corrected chi connectivity index (χ3v) is 6.89. The van der Waals surface area contributed by atoms with Crippen LogP contribution in [0.5, 0.6) is 0 Å². The van der Waals surface area contributed by atoms with Gasteiger partial charge in [-0.15, -0.1) is 0 Å². The van der Waals surface area contributed by atoms with Gasteiger partial charge in [0.1, 0.15) is 0 Å². The molecule has 1 unspecified atom stereocenters. The van der Waals surface area contributed by atoms with Gasteiger partial charge in [-0.1, -0.05) is 6.42 Å². The molecule has 1 N–H and O–H groups in total. The zero-order valence-electron chi connectivity index (χ0n) is 14.7. The highest BCUT2D eigenvalue weighted by Crippen LogP contribution is 2.23. The van der Waals surface area contributed by atoms with Gasteiger partial charge in [-0.2, -0.15) is 0 Å². The van der Waals surface area contributed by atoms with Gasteiger partial charge in [0.15, 0.2) is 14.9 Å². The Hall–Kier alpha value is -1.14. The van der Waals surface area contributed by atoms with E-state index in [2.05, 4.69) is 22.1 Å². The smallest absolute Gasteiger partial charge is 0.200 e. The molecular formula is C17H29N3O2S. The minimum atomic E-state index is -3.39. The summed E-state index contributed by atoms with van der Waals surface area (Å²) < 4.78 is 23.8. The van der Waals surface area contributed by atoms with E-state index in [9.17, 15) is 8.42 Å². The molecule has 1 aromatic rings. The van der Waals surface area contributed by atoms with Crippen molar-refractivity contribution in [3.8, 4) is 0 Å². The summed E-state index contributed by atoms with van der Waals surface area (Å²) >= 11 is 0. The molecule has 0 aliphatic carbocycles. The fourth-order valence-corrected chi connectivity index (χ4v) is 3.86. The molecule has 1 saturated heterocycles. The summed E-state index contributed by atoms with van der Waals surface area (Å²) in [4.78, 5) is 6.64. The van der Waals surface area contributed by atoms with Crippen LogP contribution in [0.1, 0.15) is 47.0 Å². The van der Waals surface area contributed by atoms with E-state index in [0.717, 1.165) is 18.8 Å². The van der Waals surface area contributed by atoms with Crippen molar-refractivity contribution in [3.63, 3.8) is 0 Å². The first kappa shape index (κ1) is 18.2. The highest BCUT2D eigenvalue weighted by molar-refractivity contribution is 7.92. The molecule has 130 valence electrons. The van der Waals surface area contributed by atoms with Gasteiger partial charge in [0.05, 0.1) is 16.6 Å². The molecule has 6 heteroatoms. The molecule has 0 radical (unpaired) electrons. The minimum absolute atomic E-state index is 0.139. The van der Waals surface area contributed by atoms with Crippen molar-refractivity contribution in [1.82, 2.24) is 9.88 Å². The first-order valence-electron chi connectivity index (χ1n) is 8.40. The van der Waals surface area contributed by atoms with Crippen LogP contribution in [0.3, 0.4) is 0 Å². The first-order valence-corrected chi connectivity index (χ1v) is 9.89. The molecule has 5 nitrogen and oxygen atoms in total. The fraction of sp³-hybridized carbons (Fsp3) is 0.706. The maximum atomic E-state index is 12.3. The van der Waals surface area contributed by atoms with Crippen LogP contribution in [0.25, 0.3) is 0 Å². The van der Waals surface area contributed by atoms with Gasteiger partial charge < -0.3 is 5.32 Å². The van der Waals surface area contributed by atoms with E-state index in [0.29, 0.717) is 6.04 Å². The summed E-state index contributed by atoms with van der Waals surface area (Å²) in [6, 6.07) is 4.04. The molecule has 0 saturated carbocycles. The number of nitrogens with one attached hydrogen (secondary N) is 1. The van der Waals surface area contributed by atoms with E-state index in [1.165, 1.54) is 25.8 Å². The van der Waals surface area contributed by atoms with Gasteiger partial charge >= 0.3 is 0 Å². The van der Waals surface area contributed by atoms with Crippen LogP contribution in [-0.4, -0.2) is 48.7 Å². The third kappa shape index (κ3) is 4.44. The Morgan fingerprint density at radius 3 is 2.61 bits per heavy atom. The summed E-state index contributed by atoms with van der Waals surface area (Å²) in [5.41, 5.74) is 0.863. The number of aromatic nitrogens is 1. The number of hydrogen-bond donors (Lipinski definition) is 1. The molecule has 2 heterocycles. The largest absolute Gasteiger partial charge is 0.383 e. The highest BCUT2D eigenvalue weighted by atomic mass is 32.2. The molecule has 1 aliphatic heterocycles. The Morgan fingerprint density at radius 2 is 2.04 bits per heavy atom. The number of anilines is 1. The Balaban J connectivity index is 1.91. The molecule has 1 fully saturated rings. The number of pyridine rings is 1. The zero-order chi connectivity index (χ0) is 17.1. The normalized spacial score (nSPS) is 20.4. The average molecular weight is 340 g/mol. The molecule has 1 aromatic heterocycles. The van der Waals surface area contributed by atoms with Gasteiger partial charge in [0.25, 0.3) is 0 Å². The Morgan fingerprint density at radius 1 is 1.30 bits per heavy atom. The second kappa shape index (κ2) is 7.18.